The summed E-state index contributed by atoms with van der Waals surface area (Å²) in [5.74, 6) is 0.113. The maximum Gasteiger partial charge on any atom is 0.408 e. The molecule has 0 saturated carbocycles. The molecule has 1 aromatic carbocycles. The van der Waals surface area contributed by atoms with Crippen LogP contribution in [0.3, 0.4) is 0 Å². The molecular formula is C15H14F3N3O3. The Hall–Kier alpha value is -2.71. The van der Waals surface area contributed by atoms with Gasteiger partial charge in [0.25, 0.3) is 5.91 Å². The fourth-order valence-electron chi connectivity index (χ4n) is 2.46. The number of carbonyl (C=O) groups excluding carboxylic acids is 1. The number of hydrogen-bond donors (Lipinski definition) is 1. The van der Waals surface area contributed by atoms with Gasteiger partial charge in [-0.05, 0) is 24.3 Å². The zero-order valence-corrected chi connectivity index (χ0v) is 12.5. The van der Waals surface area contributed by atoms with E-state index < -0.39 is 18.6 Å². The molecule has 0 saturated heterocycles. The number of phenols is 1. The van der Waals surface area contributed by atoms with Crippen LogP contribution in [0.25, 0.3) is 0 Å². The lowest BCUT2D eigenvalue weighted by Gasteiger charge is -2.18. The van der Waals surface area contributed by atoms with Gasteiger partial charge in [-0.15, -0.1) is 0 Å². The number of nitrogens with zero attached hydrogens (tertiary/aromatic N) is 3. The predicted molar refractivity (Wildman–Crippen MR) is 76.6 cm³/mol. The highest BCUT2D eigenvalue weighted by Gasteiger charge is 2.29. The summed E-state index contributed by atoms with van der Waals surface area (Å²) in [5.41, 5.74) is 0.554. The molecule has 1 aromatic heterocycles. The van der Waals surface area contributed by atoms with Crippen molar-refractivity contribution in [2.45, 2.75) is 19.3 Å². The molecule has 24 heavy (non-hydrogen) atoms. The van der Waals surface area contributed by atoms with Crippen molar-refractivity contribution in [3.8, 4) is 11.5 Å². The highest BCUT2D eigenvalue weighted by atomic mass is 19.4. The summed E-state index contributed by atoms with van der Waals surface area (Å²) in [6.45, 7) is -0.567. The fourth-order valence-corrected chi connectivity index (χ4v) is 2.46. The van der Waals surface area contributed by atoms with Gasteiger partial charge in [0, 0.05) is 18.3 Å². The van der Waals surface area contributed by atoms with Gasteiger partial charge in [-0.2, -0.15) is 18.3 Å². The van der Waals surface area contributed by atoms with E-state index in [9.17, 15) is 23.1 Å². The molecule has 0 spiro atoms. The number of carbonyl (C=O) groups is 1. The van der Waals surface area contributed by atoms with Crippen molar-refractivity contribution < 1.29 is 27.8 Å². The monoisotopic (exact) mass is 341 g/mol. The molecule has 1 aliphatic rings. The highest BCUT2D eigenvalue weighted by molar-refractivity contribution is 5.92. The van der Waals surface area contributed by atoms with E-state index in [1.54, 1.807) is 6.07 Å². The van der Waals surface area contributed by atoms with Gasteiger partial charge < -0.3 is 14.7 Å². The average Bonchev–Trinajstić information content (AvgIpc) is 2.83. The van der Waals surface area contributed by atoms with Crippen LogP contribution >= 0.6 is 0 Å². The van der Waals surface area contributed by atoms with Crippen LogP contribution in [0.2, 0.25) is 0 Å². The minimum Gasteiger partial charge on any atom is -0.508 e. The van der Waals surface area contributed by atoms with Crippen molar-refractivity contribution in [1.29, 1.82) is 0 Å². The van der Waals surface area contributed by atoms with Gasteiger partial charge in [0.05, 0.1) is 6.54 Å². The second-order valence-electron chi connectivity index (χ2n) is 5.38. The third-order valence-electron chi connectivity index (χ3n) is 3.51. The molecule has 0 atom stereocenters. The Kier molecular flexibility index (Phi) is 4.08. The Morgan fingerprint density at radius 1 is 1.33 bits per heavy atom. The Morgan fingerprint density at radius 3 is 2.88 bits per heavy atom. The molecule has 2 aromatic rings. The molecule has 0 aliphatic carbocycles. The van der Waals surface area contributed by atoms with Crippen molar-refractivity contribution in [3.63, 3.8) is 0 Å². The molecule has 2 heterocycles. The van der Waals surface area contributed by atoms with Crippen molar-refractivity contribution in [1.82, 2.24) is 14.7 Å². The number of halogens is 3. The second-order valence-corrected chi connectivity index (χ2v) is 5.38. The molecule has 9 heteroatoms. The Bertz CT molecular complexity index is 758. The van der Waals surface area contributed by atoms with Crippen LogP contribution in [0.4, 0.5) is 13.2 Å². The maximum absolute atomic E-state index is 12.5. The second kappa shape index (κ2) is 6.06. The van der Waals surface area contributed by atoms with Crippen LogP contribution in [0.15, 0.2) is 30.5 Å². The number of amides is 1. The molecule has 6 nitrogen and oxygen atoms in total. The van der Waals surface area contributed by atoms with E-state index >= 15 is 0 Å². The van der Waals surface area contributed by atoms with Crippen molar-refractivity contribution in [2.75, 3.05) is 13.2 Å². The van der Waals surface area contributed by atoms with Crippen LogP contribution in [0.5, 0.6) is 11.5 Å². The number of hydrogen-bond acceptors (Lipinski definition) is 4. The Morgan fingerprint density at radius 2 is 2.12 bits per heavy atom. The lowest BCUT2D eigenvalue weighted by molar-refractivity contribution is -0.142. The molecule has 0 unspecified atom stereocenters. The van der Waals surface area contributed by atoms with Gasteiger partial charge in [0.1, 0.15) is 30.3 Å². The molecule has 0 bridgehead atoms. The van der Waals surface area contributed by atoms with Crippen molar-refractivity contribution >= 4 is 5.91 Å². The number of fused-ring (bicyclic) bond motifs is 1. The van der Waals surface area contributed by atoms with E-state index in [1.807, 2.05) is 0 Å². The summed E-state index contributed by atoms with van der Waals surface area (Å²) in [6.07, 6.45) is -3.28. The van der Waals surface area contributed by atoms with Crippen molar-refractivity contribution in [2.24, 2.45) is 0 Å². The number of phenolic OH excluding ortho intramolecular Hbond substituents is 1. The quantitative estimate of drug-likeness (QED) is 0.909. The van der Waals surface area contributed by atoms with Crippen LogP contribution < -0.4 is 4.74 Å². The molecule has 1 N–H and O–H groups in total. The number of alkyl halides is 3. The van der Waals surface area contributed by atoms with Gasteiger partial charge in [0.15, 0.2) is 0 Å². The largest absolute Gasteiger partial charge is 0.508 e. The van der Waals surface area contributed by atoms with Gasteiger partial charge >= 0.3 is 6.18 Å². The van der Waals surface area contributed by atoms with E-state index in [2.05, 4.69) is 5.10 Å². The summed E-state index contributed by atoms with van der Waals surface area (Å²) in [7, 11) is 0. The van der Waals surface area contributed by atoms with E-state index in [4.69, 9.17) is 4.74 Å². The average molecular weight is 341 g/mol. The third kappa shape index (κ3) is 3.61. The van der Waals surface area contributed by atoms with Crippen LogP contribution in [-0.4, -0.2) is 45.0 Å². The fraction of sp³-hybridized carbons (Fsp3) is 0.333. The van der Waals surface area contributed by atoms with Gasteiger partial charge in [-0.25, -0.2) is 0 Å². The summed E-state index contributed by atoms with van der Waals surface area (Å²) >= 11 is 0. The van der Waals surface area contributed by atoms with Crippen LogP contribution in [0, 0.1) is 0 Å². The first-order valence-corrected chi connectivity index (χ1v) is 7.16. The molecular weight excluding hydrogens is 327 g/mol. The molecule has 128 valence electrons. The predicted octanol–water partition coefficient (Wildman–Crippen LogP) is 2.19. The van der Waals surface area contributed by atoms with Gasteiger partial charge in [-0.3, -0.25) is 9.48 Å². The van der Waals surface area contributed by atoms with Gasteiger partial charge in [0.2, 0.25) is 0 Å². The zero-order chi connectivity index (χ0) is 17.3. The normalized spacial score (nSPS) is 14.7. The zero-order valence-electron chi connectivity index (χ0n) is 12.5. The Labute approximate surface area is 135 Å². The number of aromatic hydroxyl groups is 1. The van der Waals surface area contributed by atoms with Crippen LogP contribution in [0.1, 0.15) is 16.1 Å². The standard InChI is InChI=1S/C15H14F3N3O3/c16-15(17,18)9-21-4-3-12(19-21)14(23)20-5-6-24-13-2-1-11(22)7-10(13)8-20/h1-4,7,22H,5-6,8-9H2. The number of ether oxygens (including phenoxy) is 1. The SMILES string of the molecule is O=C(c1ccn(CC(F)(F)F)n1)N1CCOc2ccc(O)cc2C1. The molecule has 3 rings (SSSR count). The third-order valence-corrected chi connectivity index (χ3v) is 3.51. The first-order valence-electron chi connectivity index (χ1n) is 7.16. The van der Waals surface area contributed by atoms with E-state index in [1.165, 1.54) is 23.1 Å². The molecule has 0 fully saturated rings. The topological polar surface area (TPSA) is 67.6 Å². The highest BCUT2D eigenvalue weighted by Crippen LogP contribution is 2.27. The summed E-state index contributed by atoms with van der Waals surface area (Å²) < 4.78 is 43.3. The summed E-state index contributed by atoms with van der Waals surface area (Å²) in [6, 6.07) is 5.83. The van der Waals surface area contributed by atoms with Crippen molar-refractivity contribution in [3.05, 3.63) is 41.7 Å². The van der Waals surface area contributed by atoms with Crippen LogP contribution in [-0.2, 0) is 13.1 Å². The molecule has 0 radical (unpaired) electrons. The number of aromatic nitrogens is 2. The smallest absolute Gasteiger partial charge is 0.408 e. The molecule has 1 aliphatic heterocycles. The maximum atomic E-state index is 12.5. The lowest BCUT2D eigenvalue weighted by Crippen LogP contribution is -2.33. The van der Waals surface area contributed by atoms with Gasteiger partial charge in [-0.1, -0.05) is 0 Å². The lowest BCUT2D eigenvalue weighted by atomic mass is 10.1. The van der Waals surface area contributed by atoms with E-state index in [-0.39, 0.29) is 31.1 Å². The minimum atomic E-state index is -4.40. The number of benzene rings is 1. The van der Waals surface area contributed by atoms with E-state index in [0.717, 1.165) is 6.20 Å². The summed E-state index contributed by atoms with van der Waals surface area (Å²) in [4.78, 5) is 13.9. The van der Waals surface area contributed by atoms with E-state index in [0.29, 0.717) is 16.0 Å². The minimum absolute atomic E-state index is 0.0427. The Balaban J connectivity index is 1.77. The summed E-state index contributed by atoms with van der Waals surface area (Å²) in [5, 5.41) is 13.2. The molecule has 1 amide bonds. The first-order chi connectivity index (χ1) is 11.3. The first kappa shape index (κ1) is 16.2. The number of rotatable bonds is 2.